The predicted octanol–water partition coefficient (Wildman–Crippen LogP) is 12.7. The number of likely N-dealkylation sites (N-methyl/N-ethyl adjacent to an activating group) is 1. The Bertz CT molecular complexity index is 969. The molecule has 0 aliphatic carbocycles. The summed E-state index contributed by atoms with van der Waals surface area (Å²) in [7, 11) is 1.17. The van der Waals surface area contributed by atoms with Crippen LogP contribution >= 0.6 is 7.82 Å². The van der Waals surface area contributed by atoms with Crippen molar-refractivity contribution in [3.05, 3.63) is 12.2 Å². The lowest BCUT2D eigenvalue weighted by atomic mass is 10.0. The molecule has 0 N–H and O–H groups in total. The minimum Gasteiger partial charge on any atom is -0.756 e. The molecule has 0 spiro atoms. The van der Waals surface area contributed by atoms with Crippen LogP contribution < -0.4 is 4.89 Å². The molecule has 0 aliphatic heterocycles. The molecule has 0 aromatic rings. The zero-order chi connectivity index (χ0) is 41.4. The normalized spacial score (nSPS) is 13.6. The van der Waals surface area contributed by atoms with E-state index in [-0.39, 0.29) is 32.0 Å². The molecular weight excluding hydrogens is 725 g/mol. The van der Waals surface area contributed by atoms with Gasteiger partial charge in [0.25, 0.3) is 7.82 Å². The fourth-order valence-corrected chi connectivity index (χ4v) is 7.31. The molecule has 2 atom stereocenters. The highest BCUT2D eigenvalue weighted by Gasteiger charge is 2.21. The Balaban J connectivity index is 4.18. The maximum atomic E-state index is 12.6. The first-order chi connectivity index (χ1) is 27.0. The Kier molecular flexibility index (Phi) is 38.3. The van der Waals surface area contributed by atoms with Crippen molar-refractivity contribution in [2.45, 2.75) is 225 Å². The van der Waals surface area contributed by atoms with Crippen LogP contribution in [0.4, 0.5) is 0 Å². The molecule has 0 amide bonds. The van der Waals surface area contributed by atoms with Crippen molar-refractivity contribution >= 4 is 19.8 Å². The molecule has 56 heavy (non-hydrogen) atoms. The van der Waals surface area contributed by atoms with Gasteiger partial charge < -0.3 is 27.9 Å². The van der Waals surface area contributed by atoms with Crippen molar-refractivity contribution in [2.24, 2.45) is 0 Å². The molecule has 0 saturated heterocycles. The van der Waals surface area contributed by atoms with Crippen molar-refractivity contribution < 1.29 is 42.1 Å². The summed E-state index contributed by atoms with van der Waals surface area (Å²) in [6.07, 6.45) is 41.0. The fraction of sp³-hybridized carbons (Fsp3) is 0.913. The molecule has 0 aliphatic rings. The summed E-state index contributed by atoms with van der Waals surface area (Å²) in [5.74, 6) is -0.835. The summed E-state index contributed by atoms with van der Waals surface area (Å²) < 4.78 is 33.9. The number of quaternary nitrogens is 1. The van der Waals surface area contributed by atoms with Gasteiger partial charge in [0.05, 0.1) is 27.7 Å². The Morgan fingerprint density at radius 2 is 0.929 bits per heavy atom. The van der Waals surface area contributed by atoms with E-state index in [4.69, 9.17) is 18.5 Å². The standard InChI is InChI=1S/C46H90NO8P/c1-6-8-10-12-14-16-18-19-20-21-22-23-24-25-26-27-29-30-32-34-36-38-45(48)52-42-44(43-54-56(50,51)53-41-40-47(3,4)5)55-46(49)39-37-35-33-31-28-17-15-13-11-9-7-2/h13,15,44H,6-12,14,16-43H2,1-5H3/b15-13-. The van der Waals surface area contributed by atoms with Crippen LogP contribution in [0.15, 0.2) is 12.2 Å². The quantitative estimate of drug-likeness (QED) is 0.0197. The number of carbonyl (C=O) groups is 2. The van der Waals surface area contributed by atoms with E-state index in [1.54, 1.807) is 0 Å². The van der Waals surface area contributed by atoms with Crippen LogP contribution in [0.5, 0.6) is 0 Å². The molecular formula is C46H90NO8P. The fourth-order valence-electron chi connectivity index (χ4n) is 6.58. The highest BCUT2D eigenvalue weighted by atomic mass is 31.2. The molecule has 0 radical (unpaired) electrons. The van der Waals surface area contributed by atoms with Crippen molar-refractivity contribution in [1.82, 2.24) is 0 Å². The summed E-state index contributed by atoms with van der Waals surface area (Å²) >= 11 is 0. The summed E-state index contributed by atoms with van der Waals surface area (Å²) in [5, 5.41) is 0. The van der Waals surface area contributed by atoms with E-state index in [1.165, 1.54) is 128 Å². The molecule has 2 unspecified atom stereocenters. The van der Waals surface area contributed by atoms with Crippen molar-refractivity contribution in [3.8, 4) is 0 Å². The molecule has 10 heteroatoms. The average Bonchev–Trinajstić information content (AvgIpc) is 3.15. The third kappa shape index (κ3) is 42.4. The van der Waals surface area contributed by atoms with E-state index in [2.05, 4.69) is 26.0 Å². The Morgan fingerprint density at radius 1 is 0.536 bits per heavy atom. The van der Waals surface area contributed by atoms with Gasteiger partial charge >= 0.3 is 11.9 Å². The maximum Gasteiger partial charge on any atom is 0.306 e. The number of hydrogen-bond donors (Lipinski definition) is 0. The van der Waals surface area contributed by atoms with Crippen molar-refractivity contribution in [2.75, 3.05) is 47.5 Å². The number of allylic oxidation sites excluding steroid dienone is 2. The van der Waals surface area contributed by atoms with Gasteiger partial charge in [0.2, 0.25) is 0 Å². The van der Waals surface area contributed by atoms with Gasteiger partial charge in [-0.25, -0.2) is 0 Å². The highest BCUT2D eigenvalue weighted by Crippen LogP contribution is 2.38. The third-order valence-electron chi connectivity index (χ3n) is 10.3. The number of hydrogen-bond acceptors (Lipinski definition) is 8. The van der Waals surface area contributed by atoms with Gasteiger partial charge in [0.15, 0.2) is 6.10 Å². The number of esters is 2. The van der Waals surface area contributed by atoms with Gasteiger partial charge in [0, 0.05) is 12.8 Å². The summed E-state index contributed by atoms with van der Waals surface area (Å²) in [4.78, 5) is 37.5. The number of phosphoric acid groups is 1. The van der Waals surface area contributed by atoms with E-state index in [1.807, 2.05) is 21.1 Å². The largest absolute Gasteiger partial charge is 0.756 e. The van der Waals surface area contributed by atoms with E-state index in [0.717, 1.165) is 57.8 Å². The lowest BCUT2D eigenvalue weighted by Gasteiger charge is -2.28. The SMILES string of the molecule is CCCC/C=C\CCCCCCCC(=O)OC(COC(=O)CCCCCCCCCCCCCCCCCCCCCCC)COP(=O)([O-])OCC[N+](C)(C)C. The second-order valence-electron chi connectivity index (χ2n) is 17.1. The molecule has 0 fully saturated rings. The van der Waals surface area contributed by atoms with Crippen LogP contribution in [0.25, 0.3) is 0 Å². The number of carbonyl (C=O) groups excluding carboxylic acids is 2. The first-order valence-electron chi connectivity index (χ1n) is 23.4. The number of unbranched alkanes of at least 4 members (excludes halogenated alkanes) is 27. The van der Waals surface area contributed by atoms with Gasteiger partial charge in [-0.1, -0.05) is 187 Å². The highest BCUT2D eigenvalue weighted by molar-refractivity contribution is 7.45. The first kappa shape index (κ1) is 54.8. The lowest BCUT2D eigenvalue weighted by Crippen LogP contribution is -2.37. The molecule has 9 nitrogen and oxygen atoms in total. The van der Waals surface area contributed by atoms with Gasteiger partial charge in [-0.15, -0.1) is 0 Å². The Morgan fingerprint density at radius 3 is 1.38 bits per heavy atom. The number of ether oxygens (including phenoxy) is 2. The Hall–Kier alpha value is -1.25. The molecule has 0 aromatic carbocycles. The smallest absolute Gasteiger partial charge is 0.306 e. The van der Waals surface area contributed by atoms with Crippen LogP contribution in [0.3, 0.4) is 0 Å². The number of nitrogens with zero attached hydrogens (tertiary/aromatic N) is 1. The summed E-state index contributed by atoms with van der Waals surface area (Å²) in [6, 6.07) is 0. The van der Waals surface area contributed by atoms with Crippen molar-refractivity contribution in [1.29, 1.82) is 0 Å². The first-order valence-corrected chi connectivity index (χ1v) is 24.9. The van der Waals surface area contributed by atoms with E-state index in [0.29, 0.717) is 17.4 Å². The summed E-state index contributed by atoms with van der Waals surface area (Å²) in [6.45, 7) is 4.21. The van der Waals surface area contributed by atoms with Crippen LogP contribution in [0.1, 0.15) is 219 Å². The Labute approximate surface area is 346 Å². The zero-order valence-electron chi connectivity index (χ0n) is 37.3. The monoisotopic (exact) mass is 816 g/mol. The second-order valence-corrected chi connectivity index (χ2v) is 18.5. The van der Waals surface area contributed by atoms with E-state index in [9.17, 15) is 19.0 Å². The number of phosphoric ester groups is 1. The maximum absolute atomic E-state index is 12.6. The molecule has 0 saturated carbocycles. The minimum absolute atomic E-state index is 0.0294. The number of rotatable bonds is 43. The van der Waals surface area contributed by atoms with Crippen LogP contribution in [-0.2, 0) is 32.7 Å². The van der Waals surface area contributed by atoms with E-state index < -0.39 is 26.5 Å². The van der Waals surface area contributed by atoms with Crippen LogP contribution in [0, 0.1) is 0 Å². The average molecular weight is 816 g/mol. The third-order valence-corrected chi connectivity index (χ3v) is 11.2. The zero-order valence-corrected chi connectivity index (χ0v) is 38.2. The topological polar surface area (TPSA) is 111 Å². The van der Waals surface area contributed by atoms with E-state index >= 15 is 0 Å². The van der Waals surface area contributed by atoms with Gasteiger partial charge in [0.1, 0.15) is 19.8 Å². The van der Waals surface area contributed by atoms with Crippen molar-refractivity contribution in [3.63, 3.8) is 0 Å². The predicted molar refractivity (Wildman–Crippen MR) is 231 cm³/mol. The van der Waals surface area contributed by atoms with Crippen LogP contribution in [0.2, 0.25) is 0 Å². The van der Waals surface area contributed by atoms with Crippen LogP contribution in [-0.4, -0.2) is 70.0 Å². The lowest BCUT2D eigenvalue weighted by molar-refractivity contribution is -0.870. The molecule has 332 valence electrons. The van der Waals surface area contributed by atoms with Gasteiger partial charge in [-0.3, -0.25) is 14.2 Å². The molecule has 0 aromatic heterocycles. The van der Waals surface area contributed by atoms with Gasteiger partial charge in [-0.2, -0.15) is 0 Å². The molecule has 0 rings (SSSR count). The summed E-state index contributed by atoms with van der Waals surface area (Å²) in [5.41, 5.74) is 0. The second kappa shape index (κ2) is 39.2. The molecule has 0 heterocycles. The van der Waals surface area contributed by atoms with Gasteiger partial charge in [-0.05, 0) is 32.1 Å². The minimum atomic E-state index is -4.62. The molecule has 0 bridgehead atoms.